The summed E-state index contributed by atoms with van der Waals surface area (Å²) in [6, 6.07) is 3.43. The van der Waals surface area contributed by atoms with E-state index in [0.29, 0.717) is 31.9 Å². The van der Waals surface area contributed by atoms with Crippen LogP contribution in [0, 0.1) is 11.6 Å². The van der Waals surface area contributed by atoms with E-state index in [4.69, 9.17) is 0 Å². The van der Waals surface area contributed by atoms with E-state index in [0.717, 1.165) is 6.07 Å². The van der Waals surface area contributed by atoms with Gasteiger partial charge in [-0.3, -0.25) is 9.69 Å². The molecule has 1 fully saturated rings. The van der Waals surface area contributed by atoms with E-state index in [1.165, 1.54) is 12.1 Å². The van der Waals surface area contributed by atoms with Crippen molar-refractivity contribution in [1.29, 1.82) is 0 Å². The van der Waals surface area contributed by atoms with Gasteiger partial charge < -0.3 is 10.2 Å². The van der Waals surface area contributed by atoms with Crippen LogP contribution in [0.1, 0.15) is 6.92 Å². The van der Waals surface area contributed by atoms with Crippen molar-refractivity contribution in [3.05, 3.63) is 29.8 Å². The minimum Gasteiger partial charge on any atom is -0.367 e. The summed E-state index contributed by atoms with van der Waals surface area (Å²) in [6.07, 6.45) is 0. The number of rotatable bonds is 3. The van der Waals surface area contributed by atoms with Gasteiger partial charge in [0.15, 0.2) is 0 Å². The maximum atomic E-state index is 13.7. The Morgan fingerprint density at radius 1 is 1.25 bits per heavy atom. The molecule has 6 heteroatoms. The summed E-state index contributed by atoms with van der Waals surface area (Å²) < 4.78 is 26.6. The minimum absolute atomic E-state index is 0.0218. The Hall–Kier alpha value is -1.69. The molecule has 0 radical (unpaired) electrons. The lowest BCUT2D eigenvalue weighted by Crippen LogP contribution is -2.53. The molecule has 0 bridgehead atoms. The van der Waals surface area contributed by atoms with E-state index in [2.05, 4.69) is 10.2 Å². The summed E-state index contributed by atoms with van der Waals surface area (Å²) in [6.45, 7) is 4.43. The molecule has 1 atom stereocenters. The third-order valence-corrected chi connectivity index (χ3v) is 3.74. The first kappa shape index (κ1) is 14.7. The Kier molecular flexibility index (Phi) is 4.54. The van der Waals surface area contributed by atoms with Gasteiger partial charge in [-0.15, -0.1) is 0 Å². The fraction of sp³-hybridized carbons (Fsp3) is 0.500. The number of benzene rings is 1. The van der Waals surface area contributed by atoms with E-state index in [1.807, 2.05) is 11.8 Å². The molecule has 110 valence electrons. The quantitative estimate of drug-likeness (QED) is 0.906. The van der Waals surface area contributed by atoms with Crippen molar-refractivity contribution in [2.24, 2.45) is 0 Å². The molecule has 1 heterocycles. The van der Waals surface area contributed by atoms with Crippen LogP contribution in [-0.2, 0) is 4.79 Å². The van der Waals surface area contributed by atoms with Gasteiger partial charge in [0.05, 0.1) is 11.7 Å². The van der Waals surface area contributed by atoms with E-state index in [1.54, 1.807) is 7.05 Å². The average Bonchev–Trinajstić information content (AvgIpc) is 2.46. The highest BCUT2D eigenvalue weighted by atomic mass is 19.1. The second-order valence-electron chi connectivity index (χ2n) is 4.91. The highest BCUT2D eigenvalue weighted by molar-refractivity contribution is 5.81. The van der Waals surface area contributed by atoms with Gasteiger partial charge in [0.1, 0.15) is 11.6 Å². The number of anilines is 1. The van der Waals surface area contributed by atoms with Crippen LogP contribution in [0.2, 0.25) is 0 Å². The van der Waals surface area contributed by atoms with Gasteiger partial charge in [-0.25, -0.2) is 8.78 Å². The molecule has 0 spiro atoms. The second kappa shape index (κ2) is 6.17. The summed E-state index contributed by atoms with van der Waals surface area (Å²) in [7, 11) is 1.61. The number of carbonyl (C=O) groups excluding carboxylic acids is 1. The fourth-order valence-corrected chi connectivity index (χ4v) is 2.46. The smallest absolute Gasteiger partial charge is 0.236 e. The van der Waals surface area contributed by atoms with Crippen molar-refractivity contribution in [1.82, 2.24) is 10.2 Å². The Labute approximate surface area is 117 Å². The highest BCUT2D eigenvalue weighted by Crippen LogP contribution is 2.22. The van der Waals surface area contributed by atoms with Gasteiger partial charge in [-0.1, -0.05) is 0 Å². The monoisotopic (exact) mass is 283 g/mol. The van der Waals surface area contributed by atoms with Crippen LogP contribution in [-0.4, -0.2) is 50.1 Å². The normalized spacial score (nSPS) is 17.9. The molecule has 2 rings (SSSR count). The Morgan fingerprint density at radius 2 is 1.90 bits per heavy atom. The summed E-state index contributed by atoms with van der Waals surface area (Å²) in [5.74, 6) is -1.14. The maximum Gasteiger partial charge on any atom is 0.236 e. The first-order valence-electron chi connectivity index (χ1n) is 6.68. The number of halogens is 2. The van der Waals surface area contributed by atoms with Crippen molar-refractivity contribution < 1.29 is 13.6 Å². The van der Waals surface area contributed by atoms with Crippen LogP contribution in [0.3, 0.4) is 0 Å². The second-order valence-corrected chi connectivity index (χ2v) is 4.91. The van der Waals surface area contributed by atoms with Crippen LogP contribution in [0.25, 0.3) is 0 Å². The number of amides is 1. The van der Waals surface area contributed by atoms with E-state index in [-0.39, 0.29) is 11.9 Å². The number of carbonyl (C=O) groups is 1. The van der Waals surface area contributed by atoms with Crippen molar-refractivity contribution in [2.45, 2.75) is 13.0 Å². The minimum atomic E-state index is -0.571. The molecule has 4 nitrogen and oxygen atoms in total. The molecule has 0 saturated carbocycles. The summed E-state index contributed by atoms with van der Waals surface area (Å²) in [5.41, 5.74) is 0.415. The van der Waals surface area contributed by atoms with Gasteiger partial charge in [-0.05, 0) is 19.1 Å². The Bertz CT molecular complexity index is 487. The standard InChI is InChI=1S/C14H19F2N3O/c1-10(14(20)17-2)18-5-7-19(8-6-18)13-4-3-11(15)9-12(13)16/h3-4,9-10H,5-8H2,1-2H3,(H,17,20). The van der Waals surface area contributed by atoms with Crippen LogP contribution in [0.5, 0.6) is 0 Å². The Balaban J connectivity index is 1.99. The van der Waals surface area contributed by atoms with Gasteiger partial charge in [0.25, 0.3) is 0 Å². The van der Waals surface area contributed by atoms with Crippen molar-refractivity contribution >= 4 is 11.6 Å². The van der Waals surface area contributed by atoms with Crippen molar-refractivity contribution in [3.8, 4) is 0 Å². The molecule has 1 aliphatic rings. The van der Waals surface area contributed by atoms with Crippen molar-refractivity contribution in [2.75, 3.05) is 38.1 Å². The van der Waals surface area contributed by atoms with E-state index in [9.17, 15) is 13.6 Å². The number of piperazine rings is 1. The summed E-state index contributed by atoms with van der Waals surface area (Å²) in [5, 5.41) is 2.62. The predicted octanol–water partition coefficient (Wildman–Crippen LogP) is 1.22. The molecule has 0 aliphatic carbocycles. The van der Waals surface area contributed by atoms with Gasteiger partial charge in [0.2, 0.25) is 5.91 Å². The lowest BCUT2D eigenvalue weighted by molar-refractivity contribution is -0.125. The fourth-order valence-electron chi connectivity index (χ4n) is 2.46. The predicted molar refractivity (Wildman–Crippen MR) is 73.7 cm³/mol. The highest BCUT2D eigenvalue weighted by Gasteiger charge is 2.25. The maximum absolute atomic E-state index is 13.7. The van der Waals surface area contributed by atoms with Gasteiger partial charge in [-0.2, -0.15) is 0 Å². The summed E-state index contributed by atoms with van der Waals surface area (Å²) in [4.78, 5) is 15.5. The third-order valence-electron chi connectivity index (χ3n) is 3.74. The molecule has 20 heavy (non-hydrogen) atoms. The number of likely N-dealkylation sites (N-methyl/N-ethyl adjacent to an activating group) is 1. The largest absolute Gasteiger partial charge is 0.367 e. The first-order chi connectivity index (χ1) is 9.52. The zero-order valence-corrected chi connectivity index (χ0v) is 11.7. The summed E-state index contributed by atoms with van der Waals surface area (Å²) >= 11 is 0. The van der Waals surface area contributed by atoms with Gasteiger partial charge >= 0.3 is 0 Å². The molecule has 1 amide bonds. The van der Waals surface area contributed by atoms with Gasteiger partial charge in [0, 0.05) is 39.3 Å². The molecular formula is C14H19F2N3O. The lowest BCUT2D eigenvalue weighted by Gasteiger charge is -2.38. The number of hydrogen-bond donors (Lipinski definition) is 1. The topological polar surface area (TPSA) is 35.6 Å². The molecule has 1 saturated heterocycles. The number of nitrogens with zero attached hydrogens (tertiary/aromatic N) is 2. The molecular weight excluding hydrogens is 264 g/mol. The molecule has 1 aromatic carbocycles. The average molecular weight is 283 g/mol. The van der Waals surface area contributed by atoms with Crippen molar-refractivity contribution in [3.63, 3.8) is 0 Å². The van der Waals surface area contributed by atoms with E-state index >= 15 is 0 Å². The Morgan fingerprint density at radius 3 is 2.45 bits per heavy atom. The van der Waals surface area contributed by atoms with E-state index < -0.39 is 11.6 Å². The van der Waals surface area contributed by atoms with Crippen LogP contribution in [0.15, 0.2) is 18.2 Å². The zero-order chi connectivity index (χ0) is 14.7. The SMILES string of the molecule is CNC(=O)C(C)N1CCN(c2ccc(F)cc2F)CC1. The molecule has 0 aromatic heterocycles. The molecule has 1 aliphatic heterocycles. The lowest BCUT2D eigenvalue weighted by atomic mass is 10.2. The number of hydrogen-bond acceptors (Lipinski definition) is 3. The molecule has 1 unspecified atom stereocenters. The van der Waals surface area contributed by atoms with Crippen LogP contribution < -0.4 is 10.2 Å². The molecule has 1 aromatic rings. The first-order valence-corrected chi connectivity index (χ1v) is 6.68. The third kappa shape index (κ3) is 3.07. The zero-order valence-electron chi connectivity index (χ0n) is 11.7. The number of nitrogens with one attached hydrogen (secondary N) is 1. The van der Waals surface area contributed by atoms with Crippen LogP contribution in [0.4, 0.5) is 14.5 Å². The van der Waals surface area contributed by atoms with Crippen LogP contribution >= 0.6 is 0 Å². The molecule has 1 N–H and O–H groups in total.